The average molecular weight is 455 g/mol. The third kappa shape index (κ3) is 4.33. The standard InChI is InChI=1S/C24H26N2O5S/c1-17-6-5-7-18(14-17)16-32(29,30)25-12-10-19(11-13-25)23(27)26-15-21(24(28)31-2)20-8-3-4-9-22(20)26/h3-9,14-15,19H,10-13,16H2,1-2H3. The van der Waals surface area contributed by atoms with Crippen molar-refractivity contribution in [1.29, 1.82) is 0 Å². The minimum absolute atomic E-state index is 0.0436. The van der Waals surface area contributed by atoms with E-state index >= 15 is 0 Å². The Morgan fingerprint density at radius 2 is 1.78 bits per heavy atom. The largest absolute Gasteiger partial charge is 0.465 e. The highest BCUT2D eigenvalue weighted by molar-refractivity contribution is 7.88. The van der Waals surface area contributed by atoms with Gasteiger partial charge in [0.2, 0.25) is 15.9 Å². The molecular weight excluding hydrogens is 428 g/mol. The number of benzene rings is 2. The first kappa shape index (κ1) is 22.2. The molecule has 0 bridgehead atoms. The van der Waals surface area contributed by atoms with Gasteiger partial charge in [0.25, 0.3) is 0 Å². The number of sulfonamides is 1. The summed E-state index contributed by atoms with van der Waals surface area (Å²) < 4.78 is 33.6. The predicted molar refractivity (Wildman–Crippen MR) is 122 cm³/mol. The van der Waals surface area contributed by atoms with Crippen LogP contribution >= 0.6 is 0 Å². The van der Waals surface area contributed by atoms with Crippen LogP contribution in [0.3, 0.4) is 0 Å². The quantitative estimate of drug-likeness (QED) is 0.550. The number of rotatable bonds is 5. The molecule has 8 heteroatoms. The van der Waals surface area contributed by atoms with E-state index in [0.29, 0.717) is 42.4 Å². The van der Waals surface area contributed by atoms with Crippen LogP contribution in [0.25, 0.3) is 10.9 Å². The first-order valence-electron chi connectivity index (χ1n) is 10.6. The molecule has 1 aliphatic heterocycles. The molecule has 2 aromatic carbocycles. The summed E-state index contributed by atoms with van der Waals surface area (Å²) in [5.41, 5.74) is 2.77. The number of hydrogen-bond acceptors (Lipinski definition) is 5. The summed E-state index contributed by atoms with van der Waals surface area (Å²) in [6, 6.07) is 14.7. The van der Waals surface area contributed by atoms with Crippen LogP contribution in [-0.2, 0) is 20.5 Å². The number of carbonyl (C=O) groups is 2. The number of ether oxygens (including phenoxy) is 1. The van der Waals surface area contributed by atoms with E-state index in [1.165, 1.54) is 22.2 Å². The van der Waals surface area contributed by atoms with E-state index in [-0.39, 0.29) is 17.6 Å². The lowest BCUT2D eigenvalue weighted by atomic mass is 9.97. The highest BCUT2D eigenvalue weighted by Crippen LogP contribution is 2.27. The first-order valence-corrected chi connectivity index (χ1v) is 12.2. The Morgan fingerprint density at radius 1 is 1.06 bits per heavy atom. The van der Waals surface area contributed by atoms with Crippen molar-refractivity contribution in [3.8, 4) is 0 Å². The highest BCUT2D eigenvalue weighted by Gasteiger charge is 2.32. The van der Waals surface area contributed by atoms with E-state index in [4.69, 9.17) is 4.74 Å². The van der Waals surface area contributed by atoms with E-state index < -0.39 is 16.0 Å². The van der Waals surface area contributed by atoms with E-state index in [2.05, 4.69) is 0 Å². The number of esters is 1. The minimum Gasteiger partial charge on any atom is -0.465 e. The van der Waals surface area contributed by atoms with E-state index in [0.717, 1.165) is 11.1 Å². The van der Waals surface area contributed by atoms with Crippen LogP contribution in [0.4, 0.5) is 0 Å². The number of aryl methyl sites for hydroxylation is 1. The van der Waals surface area contributed by atoms with Crippen LogP contribution in [0.5, 0.6) is 0 Å². The molecule has 1 fully saturated rings. The maximum Gasteiger partial charge on any atom is 0.340 e. The van der Waals surface area contributed by atoms with Crippen molar-refractivity contribution in [2.24, 2.45) is 5.92 Å². The smallest absolute Gasteiger partial charge is 0.340 e. The Kier molecular flexibility index (Phi) is 6.17. The van der Waals surface area contributed by atoms with Crippen molar-refractivity contribution in [3.05, 3.63) is 71.4 Å². The summed E-state index contributed by atoms with van der Waals surface area (Å²) in [4.78, 5) is 25.4. The number of methoxy groups -OCH3 is 1. The summed E-state index contributed by atoms with van der Waals surface area (Å²) in [6.07, 6.45) is 2.40. The van der Waals surface area contributed by atoms with Crippen LogP contribution in [-0.4, -0.2) is 49.4 Å². The lowest BCUT2D eigenvalue weighted by Gasteiger charge is -2.30. The lowest BCUT2D eigenvalue weighted by Crippen LogP contribution is -2.41. The molecule has 0 spiro atoms. The van der Waals surface area contributed by atoms with Crippen LogP contribution in [0.2, 0.25) is 0 Å². The number of nitrogens with zero attached hydrogens (tertiary/aromatic N) is 2. The maximum absolute atomic E-state index is 13.3. The fraction of sp³-hybridized carbons (Fsp3) is 0.333. The molecule has 0 saturated carbocycles. The fourth-order valence-electron chi connectivity index (χ4n) is 4.32. The zero-order valence-corrected chi connectivity index (χ0v) is 19.0. The Bertz CT molecular complexity index is 1270. The van der Waals surface area contributed by atoms with Gasteiger partial charge in [-0.1, -0.05) is 48.0 Å². The second-order valence-corrected chi connectivity index (χ2v) is 10.1. The molecule has 2 heterocycles. The molecule has 0 amide bonds. The molecule has 168 valence electrons. The van der Waals surface area contributed by atoms with Gasteiger partial charge in [-0.15, -0.1) is 0 Å². The van der Waals surface area contributed by atoms with Gasteiger partial charge in [-0.3, -0.25) is 9.36 Å². The van der Waals surface area contributed by atoms with Crippen LogP contribution in [0.1, 0.15) is 39.1 Å². The van der Waals surface area contributed by atoms with Crippen molar-refractivity contribution in [3.63, 3.8) is 0 Å². The molecule has 0 atom stereocenters. The zero-order valence-electron chi connectivity index (χ0n) is 18.2. The van der Waals surface area contributed by atoms with Crippen LogP contribution < -0.4 is 0 Å². The Morgan fingerprint density at radius 3 is 2.47 bits per heavy atom. The number of fused-ring (bicyclic) bond motifs is 1. The van der Waals surface area contributed by atoms with Gasteiger partial charge in [0, 0.05) is 30.6 Å². The molecular formula is C24H26N2O5S. The summed E-state index contributed by atoms with van der Waals surface area (Å²) in [5.74, 6) is -0.989. The lowest BCUT2D eigenvalue weighted by molar-refractivity contribution is 0.0603. The van der Waals surface area contributed by atoms with Crippen molar-refractivity contribution in [2.45, 2.75) is 25.5 Å². The second-order valence-electron chi connectivity index (χ2n) is 8.18. The van der Waals surface area contributed by atoms with Crippen molar-refractivity contribution < 1.29 is 22.7 Å². The molecule has 0 aliphatic carbocycles. The molecule has 0 N–H and O–H groups in total. The number of carbonyl (C=O) groups excluding carboxylic acids is 2. The van der Waals surface area contributed by atoms with Gasteiger partial charge >= 0.3 is 5.97 Å². The van der Waals surface area contributed by atoms with Gasteiger partial charge in [-0.2, -0.15) is 0 Å². The SMILES string of the molecule is COC(=O)c1cn(C(=O)C2CCN(S(=O)(=O)Cc3cccc(C)c3)CC2)c2ccccc12. The highest BCUT2D eigenvalue weighted by atomic mass is 32.2. The maximum atomic E-state index is 13.3. The van der Waals surface area contributed by atoms with Gasteiger partial charge < -0.3 is 4.74 Å². The molecule has 1 saturated heterocycles. The van der Waals surface area contributed by atoms with Crippen molar-refractivity contribution in [2.75, 3.05) is 20.2 Å². The number of aromatic nitrogens is 1. The molecule has 0 radical (unpaired) electrons. The van der Waals surface area contributed by atoms with Gasteiger partial charge in [0.1, 0.15) is 0 Å². The number of hydrogen-bond donors (Lipinski definition) is 0. The van der Waals surface area contributed by atoms with Gasteiger partial charge in [0.05, 0.1) is 23.9 Å². The van der Waals surface area contributed by atoms with E-state index in [9.17, 15) is 18.0 Å². The van der Waals surface area contributed by atoms with Crippen molar-refractivity contribution in [1.82, 2.24) is 8.87 Å². The molecule has 3 aromatic rings. The predicted octanol–water partition coefficient (Wildman–Crippen LogP) is 3.62. The average Bonchev–Trinajstić information content (AvgIpc) is 3.17. The zero-order chi connectivity index (χ0) is 22.9. The van der Waals surface area contributed by atoms with E-state index in [1.54, 1.807) is 18.2 Å². The molecule has 0 unspecified atom stereocenters. The Balaban J connectivity index is 1.49. The Labute approximate surface area is 187 Å². The summed E-state index contributed by atoms with van der Waals surface area (Å²) >= 11 is 0. The summed E-state index contributed by atoms with van der Waals surface area (Å²) in [5, 5.41) is 0.658. The normalized spacial score (nSPS) is 15.7. The third-order valence-electron chi connectivity index (χ3n) is 5.98. The third-order valence-corrected chi connectivity index (χ3v) is 7.83. The molecule has 32 heavy (non-hydrogen) atoms. The van der Waals surface area contributed by atoms with Gasteiger partial charge in [-0.05, 0) is 31.4 Å². The number of para-hydroxylation sites is 1. The van der Waals surface area contributed by atoms with Crippen LogP contribution in [0.15, 0.2) is 54.7 Å². The first-order chi connectivity index (χ1) is 15.3. The van der Waals surface area contributed by atoms with Crippen LogP contribution in [0, 0.1) is 12.8 Å². The second kappa shape index (κ2) is 8.88. The molecule has 7 nitrogen and oxygen atoms in total. The van der Waals surface area contributed by atoms with Crippen molar-refractivity contribution >= 4 is 32.8 Å². The fourth-order valence-corrected chi connectivity index (χ4v) is 5.87. The molecule has 1 aliphatic rings. The summed E-state index contributed by atoms with van der Waals surface area (Å²) in [6.45, 7) is 2.53. The minimum atomic E-state index is -3.46. The topological polar surface area (TPSA) is 85.7 Å². The molecule has 1 aromatic heterocycles. The summed E-state index contributed by atoms with van der Waals surface area (Å²) in [7, 11) is -2.15. The monoisotopic (exact) mass is 454 g/mol. The Hall–Kier alpha value is -2.97. The number of piperidine rings is 1. The van der Waals surface area contributed by atoms with E-state index in [1.807, 2.05) is 37.3 Å². The molecule has 4 rings (SSSR count). The van der Waals surface area contributed by atoms with Gasteiger partial charge in [0.15, 0.2) is 0 Å². The van der Waals surface area contributed by atoms with Gasteiger partial charge in [-0.25, -0.2) is 17.5 Å².